The summed E-state index contributed by atoms with van der Waals surface area (Å²) < 4.78 is 13.1. The lowest BCUT2D eigenvalue weighted by atomic mass is 10.1. The summed E-state index contributed by atoms with van der Waals surface area (Å²) in [6.45, 7) is 5.42. The molecule has 1 amide bonds. The van der Waals surface area contributed by atoms with E-state index in [-0.39, 0.29) is 24.1 Å². The second kappa shape index (κ2) is 7.97. The molecule has 0 spiro atoms. The minimum absolute atomic E-state index is 0.131. The van der Waals surface area contributed by atoms with Crippen LogP contribution in [-0.4, -0.2) is 27.1 Å². The SMILES string of the molecule is CCC(C)C(=O)Nc1ncc(-c2ccc(F)cc2)nc1CC(C)O. The molecule has 128 valence electrons. The number of nitrogens with zero attached hydrogens (tertiary/aromatic N) is 2. The minimum atomic E-state index is -0.623. The van der Waals surface area contributed by atoms with Crippen LogP contribution in [-0.2, 0) is 11.2 Å². The predicted octanol–water partition coefficient (Wildman–Crippen LogP) is 3.19. The summed E-state index contributed by atoms with van der Waals surface area (Å²) in [5.41, 5.74) is 1.78. The van der Waals surface area contributed by atoms with Crippen molar-refractivity contribution in [3.05, 3.63) is 42.0 Å². The molecular formula is C18H22FN3O2. The molecule has 2 unspecified atom stereocenters. The molecule has 0 saturated carbocycles. The molecule has 0 aliphatic carbocycles. The van der Waals surface area contributed by atoms with Crippen molar-refractivity contribution >= 4 is 11.7 Å². The van der Waals surface area contributed by atoms with E-state index in [1.807, 2.05) is 13.8 Å². The molecule has 2 N–H and O–H groups in total. The van der Waals surface area contributed by atoms with E-state index in [2.05, 4.69) is 15.3 Å². The van der Waals surface area contributed by atoms with Gasteiger partial charge in [0.05, 0.1) is 23.7 Å². The normalized spacial score (nSPS) is 13.4. The van der Waals surface area contributed by atoms with Crippen molar-refractivity contribution in [2.24, 2.45) is 5.92 Å². The Morgan fingerprint density at radius 1 is 1.29 bits per heavy atom. The van der Waals surface area contributed by atoms with Gasteiger partial charge in [0.15, 0.2) is 5.82 Å². The molecule has 2 atom stereocenters. The minimum Gasteiger partial charge on any atom is -0.393 e. The maximum atomic E-state index is 13.1. The number of aliphatic hydroxyl groups excluding tert-OH is 1. The number of aromatic nitrogens is 2. The van der Waals surface area contributed by atoms with Crippen molar-refractivity contribution in [2.45, 2.75) is 39.7 Å². The number of benzene rings is 1. The van der Waals surface area contributed by atoms with Gasteiger partial charge in [0.25, 0.3) is 0 Å². The Kier molecular flexibility index (Phi) is 5.98. The van der Waals surface area contributed by atoms with Crippen molar-refractivity contribution in [1.82, 2.24) is 9.97 Å². The largest absolute Gasteiger partial charge is 0.393 e. The van der Waals surface area contributed by atoms with Gasteiger partial charge in [-0.3, -0.25) is 4.79 Å². The average Bonchev–Trinajstić information content (AvgIpc) is 2.55. The van der Waals surface area contributed by atoms with Gasteiger partial charge in [-0.1, -0.05) is 13.8 Å². The number of aliphatic hydroxyl groups is 1. The predicted molar refractivity (Wildman–Crippen MR) is 90.9 cm³/mol. The number of carbonyl (C=O) groups excluding carboxylic acids is 1. The van der Waals surface area contributed by atoms with E-state index in [1.54, 1.807) is 19.1 Å². The summed E-state index contributed by atoms with van der Waals surface area (Å²) in [5.74, 6) is -0.239. The van der Waals surface area contributed by atoms with Gasteiger partial charge in [-0.15, -0.1) is 0 Å². The van der Waals surface area contributed by atoms with Gasteiger partial charge in [0.2, 0.25) is 5.91 Å². The molecule has 0 bridgehead atoms. The average molecular weight is 331 g/mol. The Morgan fingerprint density at radius 2 is 1.96 bits per heavy atom. The van der Waals surface area contributed by atoms with E-state index in [9.17, 15) is 14.3 Å². The van der Waals surface area contributed by atoms with Crippen molar-refractivity contribution < 1.29 is 14.3 Å². The maximum Gasteiger partial charge on any atom is 0.228 e. The van der Waals surface area contributed by atoms with Crippen LogP contribution < -0.4 is 5.32 Å². The van der Waals surface area contributed by atoms with Crippen LogP contribution in [0.15, 0.2) is 30.5 Å². The highest BCUT2D eigenvalue weighted by Crippen LogP contribution is 2.21. The Labute approximate surface area is 141 Å². The number of nitrogens with one attached hydrogen (secondary N) is 1. The first-order valence-electron chi connectivity index (χ1n) is 8.01. The van der Waals surface area contributed by atoms with Gasteiger partial charge < -0.3 is 10.4 Å². The highest BCUT2D eigenvalue weighted by atomic mass is 19.1. The van der Waals surface area contributed by atoms with Crippen LogP contribution in [0.3, 0.4) is 0 Å². The number of hydrogen-bond donors (Lipinski definition) is 2. The van der Waals surface area contributed by atoms with E-state index in [0.717, 1.165) is 12.0 Å². The Hall–Kier alpha value is -2.34. The van der Waals surface area contributed by atoms with E-state index in [4.69, 9.17) is 0 Å². The number of halogens is 1. The molecule has 6 heteroatoms. The molecule has 0 aliphatic rings. The summed E-state index contributed by atoms with van der Waals surface area (Å²) in [4.78, 5) is 20.9. The summed E-state index contributed by atoms with van der Waals surface area (Å²) >= 11 is 0. The molecule has 2 rings (SSSR count). The van der Waals surface area contributed by atoms with E-state index >= 15 is 0 Å². The van der Waals surface area contributed by atoms with Gasteiger partial charge in [0, 0.05) is 17.9 Å². The monoisotopic (exact) mass is 331 g/mol. The van der Waals surface area contributed by atoms with Gasteiger partial charge >= 0.3 is 0 Å². The third-order valence-electron chi connectivity index (χ3n) is 3.77. The fourth-order valence-corrected chi connectivity index (χ4v) is 2.14. The molecule has 5 nitrogen and oxygen atoms in total. The highest BCUT2D eigenvalue weighted by molar-refractivity contribution is 5.91. The standard InChI is InChI=1S/C18H22FN3O2/c1-4-11(2)18(24)22-17-15(9-12(3)23)21-16(10-20-17)13-5-7-14(19)8-6-13/h5-8,10-12,23H,4,9H2,1-3H3,(H,20,22,24). The van der Waals surface area contributed by atoms with Crippen LogP contribution in [0.5, 0.6) is 0 Å². The van der Waals surface area contributed by atoms with Crippen LogP contribution in [0.4, 0.5) is 10.2 Å². The quantitative estimate of drug-likeness (QED) is 0.852. The van der Waals surface area contributed by atoms with Crippen molar-refractivity contribution in [2.75, 3.05) is 5.32 Å². The van der Waals surface area contributed by atoms with Crippen LogP contribution in [0.1, 0.15) is 32.9 Å². The van der Waals surface area contributed by atoms with Gasteiger partial charge in [-0.25, -0.2) is 14.4 Å². The molecule has 2 aromatic rings. The molecule has 1 heterocycles. The van der Waals surface area contributed by atoms with Crippen molar-refractivity contribution in [3.63, 3.8) is 0 Å². The summed E-state index contributed by atoms with van der Waals surface area (Å²) in [6.07, 6.45) is 1.89. The zero-order valence-electron chi connectivity index (χ0n) is 14.1. The van der Waals surface area contributed by atoms with Crippen molar-refractivity contribution in [1.29, 1.82) is 0 Å². The van der Waals surface area contributed by atoms with Crippen LogP contribution >= 0.6 is 0 Å². The summed E-state index contributed by atoms with van der Waals surface area (Å²) in [6, 6.07) is 5.93. The Balaban J connectivity index is 2.34. The number of anilines is 1. The number of hydrogen-bond acceptors (Lipinski definition) is 4. The maximum absolute atomic E-state index is 13.1. The molecule has 0 fully saturated rings. The summed E-state index contributed by atoms with van der Waals surface area (Å²) in [5, 5.41) is 12.5. The smallest absolute Gasteiger partial charge is 0.228 e. The fraction of sp³-hybridized carbons (Fsp3) is 0.389. The van der Waals surface area contributed by atoms with Crippen LogP contribution in [0.2, 0.25) is 0 Å². The number of amides is 1. The lowest BCUT2D eigenvalue weighted by molar-refractivity contribution is -0.119. The lowest BCUT2D eigenvalue weighted by Gasteiger charge is -2.14. The van der Waals surface area contributed by atoms with Gasteiger partial charge in [-0.05, 0) is 37.6 Å². The van der Waals surface area contributed by atoms with Crippen molar-refractivity contribution in [3.8, 4) is 11.3 Å². The second-order valence-corrected chi connectivity index (χ2v) is 5.91. The zero-order chi connectivity index (χ0) is 17.7. The number of rotatable bonds is 6. The Morgan fingerprint density at radius 3 is 2.54 bits per heavy atom. The fourth-order valence-electron chi connectivity index (χ4n) is 2.14. The first-order chi connectivity index (χ1) is 11.4. The van der Waals surface area contributed by atoms with Gasteiger partial charge in [-0.2, -0.15) is 0 Å². The van der Waals surface area contributed by atoms with Crippen LogP contribution in [0, 0.1) is 11.7 Å². The molecular weight excluding hydrogens is 309 g/mol. The third kappa shape index (κ3) is 4.58. The topological polar surface area (TPSA) is 75.1 Å². The zero-order valence-corrected chi connectivity index (χ0v) is 14.1. The van der Waals surface area contributed by atoms with E-state index in [1.165, 1.54) is 18.3 Å². The third-order valence-corrected chi connectivity index (χ3v) is 3.77. The van der Waals surface area contributed by atoms with Crippen LogP contribution in [0.25, 0.3) is 11.3 Å². The lowest BCUT2D eigenvalue weighted by Crippen LogP contribution is -2.22. The first-order valence-corrected chi connectivity index (χ1v) is 8.01. The molecule has 0 aliphatic heterocycles. The van der Waals surface area contributed by atoms with E-state index < -0.39 is 6.10 Å². The second-order valence-electron chi connectivity index (χ2n) is 5.91. The first kappa shape index (κ1) is 18.0. The molecule has 1 aromatic heterocycles. The number of carbonyl (C=O) groups is 1. The van der Waals surface area contributed by atoms with Gasteiger partial charge in [0.1, 0.15) is 5.82 Å². The van der Waals surface area contributed by atoms with E-state index in [0.29, 0.717) is 17.2 Å². The Bertz CT molecular complexity index is 702. The highest BCUT2D eigenvalue weighted by Gasteiger charge is 2.16. The molecule has 1 aromatic carbocycles. The molecule has 24 heavy (non-hydrogen) atoms. The molecule has 0 saturated heterocycles. The molecule has 0 radical (unpaired) electrons. The summed E-state index contributed by atoms with van der Waals surface area (Å²) in [7, 11) is 0.